The van der Waals surface area contributed by atoms with Crippen LogP contribution in [0.15, 0.2) is 30.3 Å². The molecule has 1 rings (SSSR count). The Morgan fingerprint density at radius 3 is 1.93 bits per heavy atom. The zero-order chi connectivity index (χ0) is 11.3. The predicted molar refractivity (Wildman–Crippen MR) is 51.9 cm³/mol. The molecule has 84 valence electrons. The van der Waals surface area contributed by atoms with Crippen molar-refractivity contribution in [3.63, 3.8) is 0 Å². The molecule has 0 unspecified atom stereocenters. The van der Waals surface area contributed by atoms with Crippen LogP contribution in [0.3, 0.4) is 0 Å². The zero-order valence-electron chi connectivity index (χ0n) is 8.02. The fraction of sp³-hybridized carbons (Fsp3) is 0.400. The highest BCUT2D eigenvalue weighted by molar-refractivity contribution is 5.20. The van der Waals surface area contributed by atoms with Gasteiger partial charge >= 0.3 is 0 Å². The van der Waals surface area contributed by atoms with Crippen molar-refractivity contribution in [2.75, 3.05) is 6.61 Å². The van der Waals surface area contributed by atoms with Gasteiger partial charge in [0.05, 0.1) is 5.92 Å². The molecule has 5 heteroatoms. The molecule has 5 nitrogen and oxygen atoms in total. The Hall–Kier alpha value is -1.14. The molecule has 0 radical (unpaired) electrons. The third-order valence-electron chi connectivity index (χ3n) is 1.95. The highest BCUT2D eigenvalue weighted by Crippen LogP contribution is 2.12. The van der Waals surface area contributed by atoms with E-state index in [1.165, 1.54) is 0 Å². The van der Waals surface area contributed by atoms with Gasteiger partial charge in [-0.25, -0.2) is 0 Å². The minimum Gasteiger partial charge on any atom is -0.493 e. The Kier molecular flexibility index (Phi) is 4.51. The number of aliphatic hydroxyl groups excluding tert-OH is 2. The number of para-hydroxylation sites is 1. The topological polar surface area (TPSA) is 90.2 Å². The zero-order valence-corrected chi connectivity index (χ0v) is 8.02. The van der Waals surface area contributed by atoms with Crippen LogP contribution in [0.2, 0.25) is 0 Å². The molecule has 0 saturated heterocycles. The average molecular weight is 214 g/mol. The number of rotatable bonds is 5. The summed E-state index contributed by atoms with van der Waals surface area (Å²) in [6.07, 6.45) is -3.65. The lowest BCUT2D eigenvalue weighted by Gasteiger charge is -2.20. The molecule has 0 spiro atoms. The standard InChI is InChI=1S/C10H14O5/c11-9(12)8(10(13)14)6-15-7-4-2-1-3-5-7/h1-5,8-14H,6H2. The minimum absolute atomic E-state index is 0.181. The van der Waals surface area contributed by atoms with Gasteiger partial charge in [-0.3, -0.25) is 0 Å². The van der Waals surface area contributed by atoms with Crippen LogP contribution in [0.4, 0.5) is 0 Å². The van der Waals surface area contributed by atoms with E-state index in [0.717, 1.165) is 0 Å². The Balaban J connectivity index is 2.47. The fourth-order valence-corrected chi connectivity index (χ4v) is 1.04. The second-order valence-corrected chi connectivity index (χ2v) is 3.12. The van der Waals surface area contributed by atoms with Crippen LogP contribution >= 0.6 is 0 Å². The number of ether oxygens (including phenoxy) is 1. The Morgan fingerprint density at radius 2 is 1.47 bits per heavy atom. The molecule has 0 atom stereocenters. The number of hydrogen-bond acceptors (Lipinski definition) is 5. The van der Waals surface area contributed by atoms with Crippen LogP contribution in [-0.4, -0.2) is 39.6 Å². The highest BCUT2D eigenvalue weighted by atomic mass is 16.5. The van der Waals surface area contributed by atoms with Gasteiger partial charge in [-0.05, 0) is 12.1 Å². The number of hydrogen-bond donors (Lipinski definition) is 4. The first-order valence-electron chi connectivity index (χ1n) is 4.51. The molecular formula is C10H14O5. The molecule has 1 aromatic carbocycles. The second kappa shape index (κ2) is 5.67. The molecule has 0 bridgehead atoms. The molecule has 4 N–H and O–H groups in total. The molecule has 0 amide bonds. The van der Waals surface area contributed by atoms with E-state index < -0.39 is 18.5 Å². The molecule has 15 heavy (non-hydrogen) atoms. The van der Waals surface area contributed by atoms with E-state index in [1.54, 1.807) is 24.3 Å². The van der Waals surface area contributed by atoms with Gasteiger partial charge < -0.3 is 25.2 Å². The van der Waals surface area contributed by atoms with Crippen LogP contribution < -0.4 is 4.74 Å². The molecule has 0 aliphatic carbocycles. The van der Waals surface area contributed by atoms with Crippen molar-refractivity contribution in [2.45, 2.75) is 12.6 Å². The maximum Gasteiger partial charge on any atom is 0.162 e. The van der Waals surface area contributed by atoms with E-state index in [2.05, 4.69) is 0 Å². The van der Waals surface area contributed by atoms with Gasteiger partial charge in [-0.2, -0.15) is 0 Å². The molecule has 0 aromatic heterocycles. The first-order chi connectivity index (χ1) is 7.11. The van der Waals surface area contributed by atoms with E-state index in [0.29, 0.717) is 5.75 Å². The van der Waals surface area contributed by atoms with Gasteiger partial charge in [-0.15, -0.1) is 0 Å². The van der Waals surface area contributed by atoms with Crippen LogP contribution in [0, 0.1) is 5.92 Å². The van der Waals surface area contributed by atoms with Gasteiger partial charge in [0.15, 0.2) is 12.6 Å². The van der Waals surface area contributed by atoms with Crippen LogP contribution in [0.5, 0.6) is 5.75 Å². The van der Waals surface area contributed by atoms with Crippen LogP contribution in [-0.2, 0) is 0 Å². The third kappa shape index (κ3) is 3.85. The Morgan fingerprint density at radius 1 is 0.933 bits per heavy atom. The molecule has 0 aliphatic rings. The second-order valence-electron chi connectivity index (χ2n) is 3.12. The maximum atomic E-state index is 8.82. The van der Waals surface area contributed by atoms with Crippen molar-refractivity contribution in [3.8, 4) is 5.75 Å². The van der Waals surface area contributed by atoms with Crippen LogP contribution in [0.1, 0.15) is 0 Å². The van der Waals surface area contributed by atoms with Crippen molar-refractivity contribution >= 4 is 0 Å². The summed E-state index contributed by atoms with van der Waals surface area (Å²) in [4.78, 5) is 0. The maximum absolute atomic E-state index is 8.82. The molecule has 0 aliphatic heterocycles. The van der Waals surface area contributed by atoms with Gasteiger partial charge in [0.25, 0.3) is 0 Å². The quantitative estimate of drug-likeness (QED) is 0.487. The van der Waals surface area contributed by atoms with Crippen molar-refractivity contribution in [1.82, 2.24) is 0 Å². The van der Waals surface area contributed by atoms with Gasteiger partial charge in [0.2, 0.25) is 0 Å². The van der Waals surface area contributed by atoms with Crippen LogP contribution in [0.25, 0.3) is 0 Å². The molecule has 1 aromatic rings. The van der Waals surface area contributed by atoms with E-state index in [-0.39, 0.29) is 6.61 Å². The highest BCUT2D eigenvalue weighted by Gasteiger charge is 2.24. The fourth-order valence-electron chi connectivity index (χ4n) is 1.04. The lowest BCUT2D eigenvalue weighted by molar-refractivity contribution is -0.185. The lowest BCUT2D eigenvalue weighted by atomic mass is 10.1. The summed E-state index contributed by atoms with van der Waals surface area (Å²) in [5, 5.41) is 35.3. The Bertz CT molecular complexity index is 264. The van der Waals surface area contributed by atoms with Crippen molar-refractivity contribution in [1.29, 1.82) is 0 Å². The SMILES string of the molecule is OC(O)C(COc1ccccc1)C(O)O. The third-order valence-corrected chi connectivity index (χ3v) is 1.95. The van der Waals surface area contributed by atoms with Crippen molar-refractivity contribution in [2.24, 2.45) is 5.92 Å². The summed E-state index contributed by atoms with van der Waals surface area (Å²) in [6.45, 7) is -0.181. The minimum atomic E-state index is -1.83. The summed E-state index contributed by atoms with van der Waals surface area (Å²) >= 11 is 0. The average Bonchev–Trinajstić information content (AvgIpc) is 2.18. The first kappa shape index (κ1) is 11.9. The lowest BCUT2D eigenvalue weighted by Crippen LogP contribution is -2.36. The van der Waals surface area contributed by atoms with Gasteiger partial charge in [0, 0.05) is 0 Å². The number of benzene rings is 1. The molecule has 0 fully saturated rings. The van der Waals surface area contributed by atoms with E-state index in [4.69, 9.17) is 25.2 Å². The summed E-state index contributed by atoms with van der Waals surface area (Å²) < 4.78 is 5.15. The molecule has 0 heterocycles. The van der Waals surface area contributed by atoms with E-state index in [1.807, 2.05) is 6.07 Å². The molecular weight excluding hydrogens is 200 g/mol. The molecule has 0 saturated carbocycles. The summed E-state index contributed by atoms with van der Waals surface area (Å²) in [5.74, 6) is -0.617. The predicted octanol–water partition coefficient (Wildman–Crippen LogP) is -0.697. The van der Waals surface area contributed by atoms with E-state index >= 15 is 0 Å². The monoisotopic (exact) mass is 214 g/mol. The summed E-state index contributed by atoms with van der Waals surface area (Å²) in [6, 6.07) is 8.70. The van der Waals surface area contributed by atoms with Gasteiger partial charge in [-0.1, -0.05) is 18.2 Å². The normalized spacial score (nSPS) is 11.4. The van der Waals surface area contributed by atoms with Crippen molar-refractivity contribution in [3.05, 3.63) is 30.3 Å². The van der Waals surface area contributed by atoms with Crippen molar-refractivity contribution < 1.29 is 25.2 Å². The largest absolute Gasteiger partial charge is 0.493 e. The summed E-state index contributed by atoms with van der Waals surface area (Å²) in [5.41, 5.74) is 0. The summed E-state index contributed by atoms with van der Waals surface area (Å²) in [7, 11) is 0. The van der Waals surface area contributed by atoms with E-state index in [9.17, 15) is 0 Å². The number of aliphatic hydroxyl groups is 4. The first-order valence-corrected chi connectivity index (χ1v) is 4.51. The smallest absolute Gasteiger partial charge is 0.162 e. The van der Waals surface area contributed by atoms with Gasteiger partial charge in [0.1, 0.15) is 12.4 Å². The Labute approximate surface area is 87.2 Å².